The smallest absolute Gasteiger partial charge is 0.335 e. The first-order valence-electron chi connectivity index (χ1n) is 7.16. The molecule has 0 heterocycles. The second-order valence-corrected chi connectivity index (χ2v) is 4.55. The van der Waals surface area contributed by atoms with Crippen LogP contribution in [0.25, 0.3) is 0 Å². The first-order valence-corrected chi connectivity index (χ1v) is 7.16. The van der Waals surface area contributed by atoms with Crippen LogP contribution < -0.4 is 0 Å². The third-order valence-corrected chi connectivity index (χ3v) is 2.78. The molecule has 0 aliphatic carbocycles. The van der Waals surface area contributed by atoms with Gasteiger partial charge in [0, 0.05) is 0 Å². The monoisotopic (exact) mass is 334 g/mol. The Balaban J connectivity index is 0.000000441. The molecule has 0 saturated carbocycles. The van der Waals surface area contributed by atoms with Crippen molar-refractivity contribution in [3.63, 3.8) is 0 Å². The van der Waals surface area contributed by atoms with E-state index in [1.165, 1.54) is 30.4 Å². The molecule has 0 atom stereocenters. The molecule has 8 heteroatoms. The molecule has 0 saturated heterocycles. The van der Waals surface area contributed by atoms with E-state index in [0.29, 0.717) is 13.1 Å². The average molecular weight is 334 g/mol. The number of carbonyl (C=O) groups excluding carboxylic acids is 2. The minimum absolute atomic E-state index is 0.0186. The molecule has 1 aromatic rings. The number of benzene rings is 1. The fourth-order valence-electron chi connectivity index (χ4n) is 1.61. The van der Waals surface area contributed by atoms with Gasteiger partial charge in [-0.3, -0.25) is 0 Å². The summed E-state index contributed by atoms with van der Waals surface area (Å²) in [5.74, 6) is -2.25. The Labute approximate surface area is 138 Å². The molecule has 0 aromatic heterocycles. The lowest BCUT2D eigenvalue weighted by Crippen LogP contribution is -2.01. The predicted octanol–water partition coefficient (Wildman–Crippen LogP) is 2.30. The normalized spacial score (nSPS) is 8.83. The van der Waals surface area contributed by atoms with Gasteiger partial charge in [0.15, 0.2) is 0 Å². The maximum atomic E-state index is 10.4. The van der Waals surface area contributed by atoms with Crippen molar-refractivity contribution < 1.29 is 29.4 Å². The van der Waals surface area contributed by atoms with E-state index >= 15 is 0 Å². The molecule has 0 unspecified atom stereocenters. The first kappa shape index (κ1) is 20.9. The molecule has 0 aliphatic heterocycles. The van der Waals surface area contributed by atoms with E-state index in [4.69, 9.17) is 10.2 Å². The Morgan fingerprint density at radius 1 is 0.833 bits per heavy atom. The van der Waals surface area contributed by atoms with Crippen LogP contribution in [0.15, 0.2) is 34.3 Å². The fraction of sp³-hybridized carbons (Fsp3) is 0.375. The zero-order valence-corrected chi connectivity index (χ0v) is 13.0. The predicted molar refractivity (Wildman–Crippen MR) is 84.8 cm³/mol. The van der Waals surface area contributed by atoms with Crippen LogP contribution >= 0.6 is 0 Å². The minimum atomic E-state index is -1.13. The summed E-state index contributed by atoms with van der Waals surface area (Å²) in [7, 11) is 0. The van der Waals surface area contributed by atoms with Crippen molar-refractivity contribution in [2.24, 2.45) is 9.98 Å². The van der Waals surface area contributed by atoms with Crippen molar-refractivity contribution in [1.29, 1.82) is 0 Å². The van der Waals surface area contributed by atoms with E-state index in [0.717, 1.165) is 31.7 Å². The highest BCUT2D eigenvalue weighted by Gasteiger charge is 2.06. The van der Waals surface area contributed by atoms with Gasteiger partial charge in [0.1, 0.15) is 0 Å². The van der Waals surface area contributed by atoms with Crippen molar-refractivity contribution >= 4 is 24.1 Å². The molecule has 2 N–H and O–H groups in total. The molecular formula is C16H18N2O6. The summed E-state index contributed by atoms with van der Waals surface area (Å²) in [4.78, 5) is 46.9. The van der Waals surface area contributed by atoms with Gasteiger partial charge >= 0.3 is 11.9 Å². The third-order valence-electron chi connectivity index (χ3n) is 2.78. The number of hydrogen-bond donors (Lipinski definition) is 2. The highest BCUT2D eigenvalue weighted by atomic mass is 16.4. The van der Waals surface area contributed by atoms with E-state index < -0.39 is 11.9 Å². The van der Waals surface area contributed by atoms with Gasteiger partial charge in [0.2, 0.25) is 12.2 Å². The summed E-state index contributed by atoms with van der Waals surface area (Å²) in [6.45, 7) is 1.11. The maximum Gasteiger partial charge on any atom is 0.335 e. The van der Waals surface area contributed by atoms with Gasteiger partial charge in [-0.05, 0) is 31.0 Å². The number of unbranched alkanes of at least 4 members (excludes halogenated alkanes) is 3. The van der Waals surface area contributed by atoms with E-state index in [1.807, 2.05) is 0 Å². The van der Waals surface area contributed by atoms with Crippen LogP contribution in [-0.2, 0) is 9.59 Å². The van der Waals surface area contributed by atoms with Crippen LogP contribution in [0.2, 0.25) is 0 Å². The van der Waals surface area contributed by atoms with Crippen molar-refractivity contribution in [1.82, 2.24) is 0 Å². The van der Waals surface area contributed by atoms with Gasteiger partial charge in [0.25, 0.3) is 0 Å². The van der Waals surface area contributed by atoms with E-state index in [-0.39, 0.29) is 11.1 Å². The van der Waals surface area contributed by atoms with Gasteiger partial charge in [-0.15, -0.1) is 0 Å². The highest BCUT2D eigenvalue weighted by molar-refractivity contribution is 5.93. The Hall–Kier alpha value is -3.08. The van der Waals surface area contributed by atoms with Gasteiger partial charge < -0.3 is 10.2 Å². The highest BCUT2D eigenvalue weighted by Crippen LogP contribution is 2.04. The van der Waals surface area contributed by atoms with Crippen LogP contribution in [0.3, 0.4) is 0 Å². The van der Waals surface area contributed by atoms with Crippen LogP contribution in [0.5, 0.6) is 0 Å². The lowest BCUT2D eigenvalue weighted by Gasteiger charge is -1.95. The second kappa shape index (κ2) is 13.6. The molecule has 24 heavy (non-hydrogen) atoms. The molecular weight excluding hydrogens is 316 g/mol. The zero-order chi connectivity index (χ0) is 18.2. The molecule has 0 amide bonds. The fourth-order valence-corrected chi connectivity index (χ4v) is 1.61. The molecule has 1 rings (SSSR count). The molecule has 128 valence electrons. The van der Waals surface area contributed by atoms with E-state index in [2.05, 4.69) is 9.98 Å². The molecule has 0 radical (unpaired) electrons. The molecule has 0 fully saturated rings. The zero-order valence-electron chi connectivity index (χ0n) is 13.0. The van der Waals surface area contributed by atoms with E-state index in [9.17, 15) is 19.2 Å². The Bertz CT molecular complexity index is 580. The van der Waals surface area contributed by atoms with Crippen molar-refractivity contribution in [3.8, 4) is 0 Å². The number of aromatic carboxylic acids is 2. The number of carboxylic acid groups (broad SMARTS) is 2. The molecule has 8 nitrogen and oxygen atoms in total. The average Bonchev–Trinajstić information content (AvgIpc) is 2.58. The van der Waals surface area contributed by atoms with Crippen LogP contribution in [0.4, 0.5) is 0 Å². The summed E-state index contributed by atoms with van der Waals surface area (Å²) in [6, 6.07) is 5.20. The number of rotatable bonds is 9. The van der Waals surface area contributed by atoms with Gasteiger partial charge in [0.05, 0.1) is 24.2 Å². The second-order valence-electron chi connectivity index (χ2n) is 4.55. The Morgan fingerprint density at radius 2 is 1.25 bits per heavy atom. The summed E-state index contributed by atoms with van der Waals surface area (Å²) in [6.07, 6.45) is 6.80. The SMILES string of the molecule is O=C(O)c1cccc(C(=O)O)c1.O=C=NCCCCCCN=C=O. The van der Waals surface area contributed by atoms with Crippen molar-refractivity contribution in [2.75, 3.05) is 13.1 Å². The molecule has 1 aromatic carbocycles. The molecule has 0 bridgehead atoms. The summed E-state index contributed by atoms with van der Waals surface area (Å²) in [5.41, 5.74) is -0.0372. The lowest BCUT2D eigenvalue weighted by atomic mass is 10.1. The van der Waals surface area contributed by atoms with Crippen LogP contribution in [0.1, 0.15) is 46.4 Å². The van der Waals surface area contributed by atoms with E-state index in [1.54, 1.807) is 0 Å². The number of hydrogen-bond acceptors (Lipinski definition) is 6. The Morgan fingerprint density at radius 3 is 1.58 bits per heavy atom. The number of carboxylic acids is 2. The number of nitrogens with zero attached hydrogens (tertiary/aromatic N) is 2. The van der Waals surface area contributed by atoms with Gasteiger partial charge in [-0.1, -0.05) is 18.9 Å². The molecule has 0 aliphatic rings. The number of aliphatic imine (C=N–C) groups is 2. The first-order chi connectivity index (χ1) is 11.5. The summed E-state index contributed by atoms with van der Waals surface area (Å²) >= 11 is 0. The summed E-state index contributed by atoms with van der Waals surface area (Å²) in [5, 5.41) is 17.0. The summed E-state index contributed by atoms with van der Waals surface area (Å²) < 4.78 is 0. The number of isocyanates is 2. The Kier molecular flexibility index (Phi) is 11.8. The number of carbonyl (C=O) groups is 2. The van der Waals surface area contributed by atoms with Gasteiger partial charge in [-0.2, -0.15) is 0 Å². The maximum absolute atomic E-state index is 10.4. The standard InChI is InChI=1S/C8H12N2O2.C8H6O4/c11-7-9-5-3-1-2-4-6-10-8-12;9-7(10)5-2-1-3-6(4-5)8(11)12/h1-6H2;1-4H,(H,9,10)(H,11,12). The van der Waals surface area contributed by atoms with Crippen molar-refractivity contribution in [3.05, 3.63) is 35.4 Å². The van der Waals surface area contributed by atoms with Crippen molar-refractivity contribution in [2.45, 2.75) is 25.7 Å². The topological polar surface area (TPSA) is 133 Å². The third kappa shape index (κ3) is 10.6. The molecule has 0 spiro atoms. The van der Waals surface area contributed by atoms with Gasteiger partial charge in [-0.25, -0.2) is 29.2 Å². The minimum Gasteiger partial charge on any atom is -0.478 e. The quantitative estimate of drug-likeness (QED) is 0.404. The van der Waals surface area contributed by atoms with Crippen LogP contribution in [-0.4, -0.2) is 47.4 Å². The lowest BCUT2D eigenvalue weighted by molar-refractivity contribution is 0.0696. The largest absolute Gasteiger partial charge is 0.478 e. The van der Waals surface area contributed by atoms with Crippen LogP contribution in [0, 0.1) is 0 Å².